The number of carbonyl (C=O) groups excluding carboxylic acids is 2. The van der Waals surface area contributed by atoms with Gasteiger partial charge in [-0.3, -0.25) is 14.5 Å². The number of imide groups is 1. The van der Waals surface area contributed by atoms with Crippen LogP contribution in [0.25, 0.3) is 21.8 Å². The molecule has 0 bridgehead atoms. The molecule has 2 aromatic carbocycles. The predicted octanol–water partition coefficient (Wildman–Crippen LogP) is 4.86. The summed E-state index contributed by atoms with van der Waals surface area (Å²) in [6.07, 6.45) is 0.947. The molecule has 0 aliphatic carbocycles. The fourth-order valence-corrected chi connectivity index (χ4v) is 4.85. The molecular weight excluding hydrogens is 500 g/mol. The number of likely N-dealkylation sites (tertiary alicyclic amines) is 1. The first kappa shape index (κ1) is 20.6. The lowest BCUT2D eigenvalue weighted by atomic mass is 10.1. The lowest BCUT2D eigenvalue weighted by Gasteiger charge is -2.24. The van der Waals surface area contributed by atoms with E-state index in [0.29, 0.717) is 19.4 Å². The van der Waals surface area contributed by atoms with Crippen LogP contribution < -0.4 is 0 Å². The van der Waals surface area contributed by atoms with Crippen molar-refractivity contribution in [3.63, 3.8) is 0 Å². The molecule has 4 rings (SSSR count). The van der Waals surface area contributed by atoms with Gasteiger partial charge in [0.1, 0.15) is 0 Å². The quantitative estimate of drug-likeness (QED) is 0.499. The highest BCUT2D eigenvalue weighted by Crippen LogP contribution is 2.33. The maximum atomic E-state index is 12.6. The van der Waals surface area contributed by atoms with Crippen LogP contribution in [0.2, 0.25) is 0 Å². The van der Waals surface area contributed by atoms with E-state index < -0.39 is 6.10 Å². The number of hydrogen-bond acceptors (Lipinski definition) is 3. The minimum Gasteiger partial charge on any atom is -0.389 e. The molecule has 152 valence electrons. The van der Waals surface area contributed by atoms with E-state index in [2.05, 4.69) is 48.6 Å². The van der Waals surface area contributed by atoms with Gasteiger partial charge in [0.05, 0.1) is 19.2 Å². The van der Waals surface area contributed by atoms with E-state index in [-0.39, 0.29) is 24.3 Å². The molecule has 0 unspecified atom stereocenters. The van der Waals surface area contributed by atoms with Crippen molar-refractivity contribution in [1.82, 2.24) is 9.47 Å². The molecule has 2 heterocycles. The minimum absolute atomic E-state index is 0.0240. The Hall–Kier alpha value is -1.70. The fraction of sp³-hybridized carbons (Fsp3) is 0.364. The molecule has 0 saturated carbocycles. The summed E-state index contributed by atoms with van der Waals surface area (Å²) in [6.45, 7) is 2.17. The van der Waals surface area contributed by atoms with Crippen LogP contribution in [0.15, 0.2) is 45.3 Å². The third-order valence-corrected chi connectivity index (χ3v) is 6.58. The zero-order chi connectivity index (χ0) is 20.7. The fourth-order valence-electron chi connectivity index (χ4n) is 4.12. The second kappa shape index (κ2) is 8.20. The second-order valence-corrected chi connectivity index (χ2v) is 9.55. The molecule has 1 fully saturated rings. The Kier molecular flexibility index (Phi) is 5.82. The lowest BCUT2D eigenvalue weighted by Crippen LogP contribution is -2.43. The van der Waals surface area contributed by atoms with E-state index in [0.717, 1.165) is 37.2 Å². The normalized spacial score (nSPS) is 19.2. The van der Waals surface area contributed by atoms with Crippen molar-refractivity contribution in [2.24, 2.45) is 5.92 Å². The number of aliphatic hydroxyl groups is 1. The van der Waals surface area contributed by atoms with Crippen molar-refractivity contribution >= 4 is 65.5 Å². The van der Waals surface area contributed by atoms with Gasteiger partial charge in [0, 0.05) is 43.1 Å². The standard InChI is InChI=1S/C22H22Br2N2O3/c1-13-3-2-4-21(28)26(22(13)29)12-16(27)11-25-19-7-5-14(23)9-17(19)18-10-15(24)6-8-20(18)25/h5-10,13,16,27H,2-4,11-12H2,1H3/t13-,16-/m1/s1. The number of fused-ring (bicyclic) bond motifs is 3. The molecule has 2 atom stereocenters. The first-order valence-electron chi connectivity index (χ1n) is 9.74. The van der Waals surface area contributed by atoms with Crippen LogP contribution in [-0.2, 0) is 16.1 Å². The first-order chi connectivity index (χ1) is 13.8. The Morgan fingerprint density at radius 2 is 1.62 bits per heavy atom. The third kappa shape index (κ3) is 4.00. The Balaban J connectivity index is 1.68. The lowest BCUT2D eigenvalue weighted by molar-refractivity contribution is -0.147. The molecule has 1 N–H and O–H groups in total. The van der Waals surface area contributed by atoms with Gasteiger partial charge in [-0.05, 0) is 49.2 Å². The van der Waals surface area contributed by atoms with Crippen LogP contribution in [0, 0.1) is 5.92 Å². The number of benzene rings is 2. The van der Waals surface area contributed by atoms with E-state index in [1.165, 1.54) is 4.90 Å². The summed E-state index contributed by atoms with van der Waals surface area (Å²) in [4.78, 5) is 26.2. The van der Waals surface area contributed by atoms with Crippen molar-refractivity contribution < 1.29 is 14.7 Å². The first-order valence-corrected chi connectivity index (χ1v) is 11.3. The van der Waals surface area contributed by atoms with Gasteiger partial charge in [0.25, 0.3) is 0 Å². The number of aromatic nitrogens is 1. The molecular formula is C22H22Br2N2O3. The van der Waals surface area contributed by atoms with Crippen LogP contribution in [0.3, 0.4) is 0 Å². The molecule has 1 aromatic heterocycles. The number of carbonyl (C=O) groups is 2. The molecule has 29 heavy (non-hydrogen) atoms. The van der Waals surface area contributed by atoms with Gasteiger partial charge in [-0.15, -0.1) is 0 Å². The molecule has 7 heteroatoms. The average molecular weight is 522 g/mol. The number of nitrogens with zero attached hydrogens (tertiary/aromatic N) is 2. The van der Waals surface area contributed by atoms with Gasteiger partial charge in [-0.1, -0.05) is 38.8 Å². The number of hydrogen-bond donors (Lipinski definition) is 1. The van der Waals surface area contributed by atoms with Gasteiger partial charge in [-0.2, -0.15) is 0 Å². The van der Waals surface area contributed by atoms with Gasteiger partial charge in [0.2, 0.25) is 11.8 Å². The van der Waals surface area contributed by atoms with Crippen molar-refractivity contribution in [2.75, 3.05) is 6.54 Å². The number of amides is 2. The van der Waals surface area contributed by atoms with Gasteiger partial charge >= 0.3 is 0 Å². The van der Waals surface area contributed by atoms with Crippen molar-refractivity contribution in [3.8, 4) is 0 Å². The highest BCUT2D eigenvalue weighted by atomic mass is 79.9. The zero-order valence-electron chi connectivity index (χ0n) is 16.1. The second-order valence-electron chi connectivity index (χ2n) is 7.72. The highest BCUT2D eigenvalue weighted by Gasteiger charge is 2.30. The van der Waals surface area contributed by atoms with E-state index in [4.69, 9.17) is 0 Å². The summed E-state index contributed by atoms with van der Waals surface area (Å²) in [5.74, 6) is -0.549. The SMILES string of the molecule is C[C@@H]1CCCC(=O)N(C[C@H](O)Cn2c3ccc(Br)cc3c3cc(Br)ccc32)C1=O. The molecule has 5 nitrogen and oxygen atoms in total. The number of aliphatic hydroxyl groups excluding tert-OH is 1. The third-order valence-electron chi connectivity index (χ3n) is 5.59. The highest BCUT2D eigenvalue weighted by molar-refractivity contribution is 9.10. The Morgan fingerprint density at radius 3 is 2.21 bits per heavy atom. The van der Waals surface area contributed by atoms with Gasteiger partial charge in [0.15, 0.2) is 0 Å². The molecule has 1 aliphatic heterocycles. The minimum atomic E-state index is -0.848. The summed E-state index contributed by atoms with van der Waals surface area (Å²) >= 11 is 7.07. The van der Waals surface area contributed by atoms with E-state index >= 15 is 0 Å². The number of halogens is 2. The average Bonchev–Trinajstić information content (AvgIpc) is 2.91. The van der Waals surface area contributed by atoms with Crippen LogP contribution >= 0.6 is 31.9 Å². The van der Waals surface area contributed by atoms with E-state index in [1.54, 1.807) is 0 Å². The summed E-state index contributed by atoms with van der Waals surface area (Å²) in [5, 5.41) is 13.0. The predicted molar refractivity (Wildman–Crippen MR) is 121 cm³/mol. The summed E-state index contributed by atoms with van der Waals surface area (Å²) in [7, 11) is 0. The van der Waals surface area contributed by atoms with Crippen LogP contribution in [0.1, 0.15) is 26.2 Å². The molecule has 2 amide bonds. The molecule has 0 radical (unpaired) electrons. The monoisotopic (exact) mass is 520 g/mol. The number of rotatable bonds is 4. The Bertz CT molecular complexity index is 1050. The smallest absolute Gasteiger partial charge is 0.232 e. The van der Waals surface area contributed by atoms with Crippen molar-refractivity contribution in [2.45, 2.75) is 38.8 Å². The molecule has 3 aromatic rings. The maximum absolute atomic E-state index is 12.6. The van der Waals surface area contributed by atoms with Gasteiger partial charge < -0.3 is 9.67 Å². The van der Waals surface area contributed by atoms with E-state index in [9.17, 15) is 14.7 Å². The molecule has 1 saturated heterocycles. The van der Waals surface area contributed by atoms with Gasteiger partial charge in [-0.25, -0.2) is 0 Å². The number of β-amino-alcohol motifs (C(OH)–C–C–N with tert-alkyl or cyclic N) is 1. The van der Waals surface area contributed by atoms with E-state index in [1.807, 2.05) is 31.2 Å². The summed E-state index contributed by atoms with van der Waals surface area (Å²) in [5.41, 5.74) is 2.00. The Morgan fingerprint density at radius 1 is 1.03 bits per heavy atom. The Labute approximate surface area is 185 Å². The zero-order valence-corrected chi connectivity index (χ0v) is 19.2. The largest absolute Gasteiger partial charge is 0.389 e. The summed E-state index contributed by atoms with van der Waals surface area (Å²) in [6, 6.07) is 12.1. The van der Waals surface area contributed by atoms with Crippen LogP contribution in [0.4, 0.5) is 0 Å². The van der Waals surface area contributed by atoms with Crippen molar-refractivity contribution in [3.05, 3.63) is 45.3 Å². The topological polar surface area (TPSA) is 62.5 Å². The summed E-state index contributed by atoms with van der Waals surface area (Å²) < 4.78 is 4.03. The van der Waals surface area contributed by atoms with Crippen LogP contribution in [0.5, 0.6) is 0 Å². The maximum Gasteiger partial charge on any atom is 0.232 e. The van der Waals surface area contributed by atoms with Crippen molar-refractivity contribution in [1.29, 1.82) is 0 Å². The van der Waals surface area contributed by atoms with Crippen LogP contribution in [-0.4, -0.2) is 39.0 Å². The molecule has 1 aliphatic rings. The molecule has 0 spiro atoms.